The average Bonchev–Trinajstić information content (AvgIpc) is 4.18. The van der Waals surface area contributed by atoms with E-state index in [0.29, 0.717) is 18.1 Å². The van der Waals surface area contributed by atoms with E-state index in [1.807, 2.05) is 42.5 Å². The average molecular weight is 882 g/mol. The second-order valence-electron chi connectivity index (χ2n) is 20.7. The number of carbonyl (C=O) groups is 4. The molecule has 2 aromatic rings. The number of epoxide rings is 1. The molecule has 4 saturated heterocycles. The Hall–Kier alpha value is -4.18. The number of nitrogens with one attached hydrogen (secondary N) is 1. The van der Waals surface area contributed by atoms with E-state index in [1.54, 1.807) is 32.9 Å². The van der Waals surface area contributed by atoms with Gasteiger partial charge in [-0.05, 0) is 94.7 Å². The summed E-state index contributed by atoms with van der Waals surface area (Å²) in [5.41, 5.74) is 0.562. The zero-order chi connectivity index (χ0) is 44.5. The van der Waals surface area contributed by atoms with Crippen LogP contribution in [0.5, 0.6) is 0 Å². The summed E-state index contributed by atoms with van der Waals surface area (Å²) in [6.07, 6.45) is 9.83. The molecule has 0 aromatic heterocycles. The van der Waals surface area contributed by atoms with Crippen molar-refractivity contribution in [2.24, 2.45) is 23.2 Å². The Bertz CT molecular complexity index is 2120. The number of amides is 2. The summed E-state index contributed by atoms with van der Waals surface area (Å²) in [4.78, 5) is 66.1. The first kappa shape index (κ1) is 43.7. The van der Waals surface area contributed by atoms with Gasteiger partial charge in [0.15, 0.2) is 11.8 Å². The first-order chi connectivity index (χ1) is 30.7. The highest BCUT2D eigenvalue weighted by molar-refractivity contribution is 5.96. The van der Waals surface area contributed by atoms with Crippen molar-refractivity contribution in [2.75, 3.05) is 13.7 Å². The molecule has 0 spiro atoms. The number of hydrogen-bond acceptors (Lipinski definition) is 12. The molecule has 4 heterocycles. The minimum atomic E-state index is -1.49. The zero-order valence-corrected chi connectivity index (χ0v) is 37.4. The van der Waals surface area contributed by atoms with Gasteiger partial charge in [0.2, 0.25) is 11.8 Å². The van der Waals surface area contributed by atoms with Gasteiger partial charge in [0, 0.05) is 38.1 Å². The minimum Gasteiger partial charge on any atom is -0.460 e. The van der Waals surface area contributed by atoms with Crippen LogP contribution >= 0.6 is 0 Å². The maximum Gasteiger partial charge on any atom is 0.327 e. The van der Waals surface area contributed by atoms with Gasteiger partial charge >= 0.3 is 11.9 Å². The van der Waals surface area contributed by atoms with Crippen molar-refractivity contribution in [1.29, 1.82) is 0 Å². The topological polar surface area (TPSA) is 166 Å². The number of benzene rings is 2. The number of ether oxygens (including phenoxy) is 5. The quantitative estimate of drug-likeness (QED) is 0.171. The summed E-state index contributed by atoms with van der Waals surface area (Å²) < 4.78 is 31.6. The van der Waals surface area contributed by atoms with Crippen LogP contribution in [0.15, 0.2) is 60.7 Å². The molecule has 4 aliphatic heterocycles. The lowest BCUT2D eigenvalue weighted by atomic mass is 9.62. The molecular weight excluding hydrogens is 819 g/mol. The van der Waals surface area contributed by atoms with Crippen molar-refractivity contribution < 1.29 is 52.8 Å². The predicted octanol–water partition coefficient (Wildman–Crippen LogP) is 5.04. The van der Waals surface area contributed by atoms with Crippen LogP contribution in [0, 0.1) is 23.2 Å². The van der Waals surface area contributed by atoms with E-state index >= 15 is 4.79 Å². The lowest BCUT2D eigenvalue weighted by molar-refractivity contribution is -0.235. The molecule has 11 atom stereocenters. The van der Waals surface area contributed by atoms with Gasteiger partial charge in [-0.2, -0.15) is 5.06 Å². The Balaban J connectivity index is 0.955. The molecule has 64 heavy (non-hydrogen) atoms. The van der Waals surface area contributed by atoms with E-state index in [0.717, 1.165) is 61.6 Å². The molecule has 14 nitrogen and oxygen atoms in total. The summed E-state index contributed by atoms with van der Waals surface area (Å²) in [7, 11) is 1.60. The maximum absolute atomic E-state index is 15.8. The van der Waals surface area contributed by atoms with Gasteiger partial charge in [0.05, 0.1) is 31.4 Å². The fourth-order valence-electron chi connectivity index (χ4n) is 11.4. The van der Waals surface area contributed by atoms with E-state index in [2.05, 4.69) is 29.6 Å². The molecule has 10 rings (SSSR count). The Morgan fingerprint density at radius 1 is 0.953 bits per heavy atom. The molecule has 2 bridgehead atoms. The van der Waals surface area contributed by atoms with Crippen molar-refractivity contribution in [3.8, 4) is 0 Å². The maximum atomic E-state index is 15.8. The molecular formula is C50H63N3O11. The van der Waals surface area contributed by atoms with Crippen LogP contribution in [0.4, 0.5) is 0 Å². The molecule has 4 aliphatic carbocycles. The fourth-order valence-corrected chi connectivity index (χ4v) is 11.4. The van der Waals surface area contributed by atoms with E-state index in [1.165, 1.54) is 4.90 Å². The Morgan fingerprint density at radius 3 is 2.39 bits per heavy atom. The van der Waals surface area contributed by atoms with Crippen molar-refractivity contribution in [1.82, 2.24) is 15.3 Å². The molecule has 11 unspecified atom stereocenters. The first-order valence-corrected chi connectivity index (χ1v) is 23.6. The van der Waals surface area contributed by atoms with Crippen molar-refractivity contribution in [3.05, 3.63) is 77.4 Å². The highest BCUT2D eigenvalue weighted by atomic mass is 16.8. The number of likely N-dealkylation sites (N-methyl/N-ethyl adjacent to an activating group) is 1. The predicted molar refractivity (Wildman–Crippen MR) is 231 cm³/mol. The van der Waals surface area contributed by atoms with E-state index in [-0.39, 0.29) is 44.1 Å². The van der Waals surface area contributed by atoms with Crippen molar-refractivity contribution >= 4 is 29.8 Å². The first-order valence-electron chi connectivity index (χ1n) is 23.6. The van der Waals surface area contributed by atoms with Gasteiger partial charge < -0.3 is 39.0 Å². The number of allylic oxidation sites excluding steroid dienone is 1. The molecule has 8 fully saturated rings. The fraction of sp³-hybridized carbons (Fsp3) is 0.640. The molecule has 344 valence electrons. The summed E-state index contributed by atoms with van der Waals surface area (Å²) in [5, 5.41) is 14.9. The number of hydroxylamine groups is 2. The smallest absolute Gasteiger partial charge is 0.327 e. The minimum absolute atomic E-state index is 0.0200. The van der Waals surface area contributed by atoms with Gasteiger partial charge in [-0.1, -0.05) is 66.7 Å². The lowest BCUT2D eigenvalue weighted by Gasteiger charge is -2.50. The molecule has 2 amide bonds. The second-order valence-corrected chi connectivity index (χ2v) is 20.7. The second kappa shape index (κ2) is 16.9. The van der Waals surface area contributed by atoms with Crippen LogP contribution < -0.4 is 5.32 Å². The summed E-state index contributed by atoms with van der Waals surface area (Å²) in [6.45, 7) is 5.11. The van der Waals surface area contributed by atoms with Gasteiger partial charge in [-0.25, -0.2) is 0 Å². The van der Waals surface area contributed by atoms with Crippen molar-refractivity contribution in [2.45, 2.75) is 164 Å². The monoisotopic (exact) mass is 881 g/mol. The Kier molecular flexibility index (Phi) is 11.5. The van der Waals surface area contributed by atoms with Crippen molar-refractivity contribution in [3.63, 3.8) is 0 Å². The normalized spacial score (nSPS) is 33.4. The third-order valence-electron chi connectivity index (χ3n) is 14.8. The molecule has 2 aromatic carbocycles. The van der Waals surface area contributed by atoms with E-state index < -0.39 is 89.7 Å². The standard InChI is InChI=1S/C50H63N3O11/c1-48(2,3)61-40(55)22-20-35(28-54)51-45(56)36(24-29-9-6-5-7-10-29)52(4)47(58)49-26-39-41-42(63-50(62-41,33-16-17-33)34-18-19-34)44(49)64-53(43(49)46(57)60-39)27-32-12-8-11-30(23-32)13-14-31-15-21-37-38(25-31)59-37/h5-14,23,31,33-39,41-44,54H,15-22,24-28H2,1-4H3,(H,51,56). The summed E-state index contributed by atoms with van der Waals surface area (Å²) >= 11 is 0. The van der Waals surface area contributed by atoms with Gasteiger partial charge in [-0.3, -0.25) is 24.0 Å². The molecule has 4 saturated carbocycles. The number of aliphatic hydroxyl groups excluding tert-OH is 1. The number of nitrogens with zero attached hydrogens (tertiary/aromatic N) is 2. The number of esters is 2. The molecule has 14 heteroatoms. The number of aliphatic hydroxyl groups is 1. The van der Waals surface area contributed by atoms with Gasteiger partial charge in [-0.15, -0.1) is 0 Å². The third kappa shape index (κ3) is 8.43. The van der Waals surface area contributed by atoms with Crippen LogP contribution in [0.1, 0.15) is 102 Å². The third-order valence-corrected chi connectivity index (χ3v) is 14.8. The zero-order valence-electron chi connectivity index (χ0n) is 37.4. The highest BCUT2D eigenvalue weighted by Crippen LogP contribution is 2.64. The SMILES string of the molecule is CN(C(=O)C12CC3OC(=O)C1N(Cc1cccc(C=CC4CCC5OC5C4)c1)OC2C1OC(C2CC2)(C2CC2)OC31)C(Cc1ccccc1)C(=O)NC(CO)CCC(=O)OC(C)(C)C. The lowest BCUT2D eigenvalue weighted by Crippen LogP contribution is -2.70. The Morgan fingerprint density at radius 2 is 1.69 bits per heavy atom. The van der Waals surface area contributed by atoms with Crippen LogP contribution in [0.2, 0.25) is 0 Å². The van der Waals surface area contributed by atoms with Crippen LogP contribution in [-0.2, 0) is 60.7 Å². The van der Waals surface area contributed by atoms with Gasteiger partial charge in [0.25, 0.3) is 0 Å². The largest absolute Gasteiger partial charge is 0.460 e. The number of carbonyl (C=O) groups excluding carboxylic acids is 4. The van der Waals surface area contributed by atoms with E-state index in [4.69, 9.17) is 28.5 Å². The van der Waals surface area contributed by atoms with Gasteiger partial charge in [0.1, 0.15) is 41.5 Å². The summed E-state index contributed by atoms with van der Waals surface area (Å²) in [6, 6.07) is 14.6. The van der Waals surface area contributed by atoms with Crippen LogP contribution in [0.3, 0.4) is 0 Å². The number of hydrogen-bond donors (Lipinski definition) is 2. The Labute approximate surface area is 375 Å². The van der Waals surface area contributed by atoms with Crippen LogP contribution in [0.25, 0.3) is 6.08 Å². The molecule has 2 N–H and O–H groups in total. The van der Waals surface area contributed by atoms with E-state index in [9.17, 15) is 19.5 Å². The summed E-state index contributed by atoms with van der Waals surface area (Å²) in [5.74, 6) is -1.86. The molecule has 8 aliphatic rings. The number of rotatable bonds is 16. The molecule has 0 radical (unpaired) electrons. The highest BCUT2D eigenvalue weighted by Gasteiger charge is 2.78. The number of fused-ring (bicyclic) bond motifs is 5. The van der Waals surface area contributed by atoms with Crippen LogP contribution in [-0.4, -0.2) is 119 Å².